The van der Waals surface area contributed by atoms with Crippen LogP contribution in [0.2, 0.25) is 0 Å². The molecule has 0 radical (unpaired) electrons. The molecular weight excluding hydrogens is 496 g/mol. The SMILES string of the molecule is C=C[C@H]1[C@H](O[C@H]2O[C@@H](CO)[C@H](O)[C@@H](O)[C@@H]2O)OC=C(C(=O)O)[C@H]1C[C@H]1c2[nH]c3ccccc3c2CCN1C. The minimum Gasteiger partial charge on any atom is -0.478 e. The van der Waals surface area contributed by atoms with Gasteiger partial charge in [-0.1, -0.05) is 24.3 Å². The first-order valence-electron chi connectivity index (χ1n) is 12.7. The molecule has 38 heavy (non-hydrogen) atoms. The molecule has 0 amide bonds. The van der Waals surface area contributed by atoms with Crippen molar-refractivity contribution >= 4 is 16.9 Å². The predicted octanol–water partition coefficient (Wildman–Crippen LogP) is 0.647. The maximum absolute atomic E-state index is 12.2. The second-order valence-corrected chi connectivity index (χ2v) is 10.2. The Bertz CT molecular complexity index is 1210. The quantitative estimate of drug-likeness (QED) is 0.280. The van der Waals surface area contributed by atoms with Crippen LogP contribution >= 0.6 is 0 Å². The molecule has 1 aromatic carbocycles. The van der Waals surface area contributed by atoms with Crippen molar-refractivity contribution in [2.24, 2.45) is 11.8 Å². The van der Waals surface area contributed by atoms with Crippen LogP contribution in [0.15, 0.2) is 48.8 Å². The van der Waals surface area contributed by atoms with Gasteiger partial charge < -0.3 is 44.7 Å². The number of aromatic nitrogens is 1. The van der Waals surface area contributed by atoms with Gasteiger partial charge in [0.1, 0.15) is 24.4 Å². The third-order valence-electron chi connectivity index (χ3n) is 8.05. The number of nitrogens with zero attached hydrogens (tertiary/aromatic N) is 1. The van der Waals surface area contributed by atoms with Gasteiger partial charge in [-0.2, -0.15) is 0 Å². The van der Waals surface area contributed by atoms with Crippen LogP contribution in [0.5, 0.6) is 0 Å². The van der Waals surface area contributed by atoms with E-state index in [4.69, 9.17) is 14.2 Å². The molecule has 1 fully saturated rings. The number of carbonyl (C=O) groups is 1. The summed E-state index contributed by atoms with van der Waals surface area (Å²) in [7, 11) is 2.01. The number of benzene rings is 1. The molecule has 11 heteroatoms. The summed E-state index contributed by atoms with van der Waals surface area (Å²) in [5.41, 5.74) is 3.37. The standard InChI is InChI=1S/C27H34N2O9/c1-3-13-16(10-19-21-15(8-9-29(19)2)14-6-4-5-7-18(14)28-21)17(25(34)35)12-36-26(13)38-27-24(33)23(32)22(31)20(11-30)37-27/h3-7,12-13,16,19-20,22-24,26-28,30-33H,1,8-11H2,2H3,(H,34,35)/t13-,16+,19+,20+,22+,23-,24+,26+,27-/m1/s1. The van der Waals surface area contributed by atoms with Gasteiger partial charge >= 0.3 is 5.97 Å². The number of carboxylic acid groups (broad SMARTS) is 1. The molecule has 9 atom stereocenters. The molecule has 0 bridgehead atoms. The Hall–Kier alpha value is -2.77. The number of H-pyrrole nitrogens is 1. The fourth-order valence-electron chi connectivity index (χ4n) is 5.90. The van der Waals surface area contributed by atoms with Gasteiger partial charge in [0.15, 0.2) is 6.29 Å². The second-order valence-electron chi connectivity index (χ2n) is 10.2. The van der Waals surface area contributed by atoms with E-state index in [-0.39, 0.29) is 11.6 Å². The number of hydrogen-bond donors (Lipinski definition) is 6. The van der Waals surface area contributed by atoms with E-state index >= 15 is 0 Å². The van der Waals surface area contributed by atoms with Crippen LogP contribution in [0, 0.1) is 11.8 Å². The van der Waals surface area contributed by atoms with Crippen LogP contribution in [-0.2, 0) is 25.4 Å². The van der Waals surface area contributed by atoms with Gasteiger partial charge in [0.05, 0.1) is 24.5 Å². The van der Waals surface area contributed by atoms with Crippen molar-refractivity contribution in [3.05, 3.63) is 60.0 Å². The molecule has 206 valence electrons. The van der Waals surface area contributed by atoms with E-state index in [1.807, 2.05) is 25.2 Å². The number of aromatic amines is 1. The van der Waals surface area contributed by atoms with Crippen molar-refractivity contribution < 1.29 is 44.5 Å². The largest absolute Gasteiger partial charge is 0.478 e. The number of aliphatic hydroxyl groups excluding tert-OH is 4. The van der Waals surface area contributed by atoms with Crippen LogP contribution in [0.3, 0.4) is 0 Å². The number of para-hydroxylation sites is 1. The molecule has 6 N–H and O–H groups in total. The summed E-state index contributed by atoms with van der Waals surface area (Å²) in [4.78, 5) is 18.0. The Morgan fingerprint density at radius 1 is 1.21 bits per heavy atom. The second kappa shape index (κ2) is 10.8. The zero-order valence-corrected chi connectivity index (χ0v) is 21.0. The third-order valence-corrected chi connectivity index (χ3v) is 8.05. The highest BCUT2D eigenvalue weighted by Crippen LogP contribution is 2.43. The van der Waals surface area contributed by atoms with Crippen molar-refractivity contribution in [3.63, 3.8) is 0 Å². The summed E-state index contributed by atoms with van der Waals surface area (Å²) in [5, 5.41) is 51.3. The highest BCUT2D eigenvalue weighted by molar-refractivity contribution is 5.87. The minimum absolute atomic E-state index is 0.0696. The lowest BCUT2D eigenvalue weighted by molar-refractivity contribution is -0.339. The summed E-state index contributed by atoms with van der Waals surface area (Å²) >= 11 is 0. The number of hydrogen-bond acceptors (Lipinski definition) is 9. The Kier molecular flexibility index (Phi) is 7.60. The van der Waals surface area contributed by atoms with Crippen LogP contribution in [0.4, 0.5) is 0 Å². The van der Waals surface area contributed by atoms with Crippen LogP contribution in [-0.4, -0.2) is 98.6 Å². The van der Waals surface area contributed by atoms with Crippen LogP contribution in [0.25, 0.3) is 10.9 Å². The maximum Gasteiger partial charge on any atom is 0.334 e. The van der Waals surface area contributed by atoms with Crippen molar-refractivity contribution in [2.45, 2.75) is 55.9 Å². The number of carboxylic acids is 1. The first-order valence-corrected chi connectivity index (χ1v) is 12.7. The molecular formula is C27H34N2O9. The lowest BCUT2D eigenvalue weighted by Gasteiger charge is -2.44. The van der Waals surface area contributed by atoms with Gasteiger partial charge in [-0.25, -0.2) is 4.79 Å². The van der Waals surface area contributed by atoms with Crippen molar-refractivity contribution in [3.8, 4) is 0 Å². The number of fused-ring (bicyclic) bond motifs is 3. The topological polar surface area (TPSA) is 165 Å². The molecule has 3 aliphatic heterocycles. The average Bonchev–Trinajstić information content (AvgIpc) is 3.29. The Labute approximate surface area is 219 Å². The number of aliphatic carboxylic acids is 1. The normalized spacial score (nSPS) is 35.8. The van der Waals surface area contributed by atoms with E-state index in [2.05, 4.69) is 22.5 Å². The first kappa shape index (κ1) is 26.8. The van der Waals surface area contributed by atoms with Crippen LogP contribution < -0.4 is 0 Å². The molecule has 0 spiro atoms. The van der Waals surface area contributed by atoms with E-state index in [0.717, 1.165) is 35.8 Å². The lowest BCUT2D eigenvalue weighted by atomic mass is 9.78. The minimum atomic E-state index is -1.62. The molecule has 1 saturated heterocycles. The number of rotatable bonds is 7. The third kappa shape index (κ3) is 4.64. The lowest BCUT2D eigenvalue weighted by Crippen LogP contribution is -2.60. The Balaban J connectivity index is 1.44. The zero-order chi connectivity index (χ0) is 27.1. The van der Waals surface area contributed by atoms with Gasteiger partial charge in [0, 0.05) is 35.0 Å². The number of aliphatic hydroxyl groups is 4. The molecule has 4 heterocycles. The van der Waals surface area contributed by atoms with Crippen molar-refractivity contribution in [2.75, 3.05) is 20.2 Å². The Morgan fingerprint density at radius 3 is 2.68 bits per heavy atom. The molecule has 1 aromatic heterocycles. The molecule has 0 unspecified atom stereocenters. The van der Waals surface area contributed by atoms with E-state index in [0.29, 0.717) is 6.42 Å². The molecule has 3 aliphatic rings. The fraction of sp³-hybridized carbons (Fsp3) is 0.519. The Morgan fingerprint density at radius 2 is 1.97 bits per heavy atom. The summed E-state index contributed by atoms with van der Waals surface area (Å²) in [6.45, 7) is 4.11. The molecule has 0 aliphatic carbocycles. The molecule has 2 aromatic rings. The van der Waals surface area contributed by atoms with Crippen molar-refractivity contribution in [1.82, 2.24) is 9.88 Å². The van der Waals surface area contributed by atoms with Crippen molar-refractivity contribution in [1.29, 1.82) is 0 Å². The van der Waals surface area contributed by atoms with E-state index in [1.54, 1.807) is 6.08 Å². The fourth-order valence-corrected chi connectivity index (χ4v) is 5.90. The summed E-state index contributed by atoms with van der Waals surface area (Å²) < 4.78 is 17.0. The van der Waals surface area contributed by atoms with Gasteiger partial charge in [-0.05, 0) is 31.5 Å². The summed E-state index contributed by atoms with van der Waals surface area (Å²) in [6, 6.07) is 7.97. The van der Waals surface area contributed by atoms with Gasteiger partial charge in [0.25, 0.3) is 0 Å². The monoisotopic (exact) mass is 530 g/mol. The average molecular weight is 531 g/mol. The van der Waals surface area contributed by atoms with E-state index in [1.165, 1.54) is 5.56 Å². The zero-order valence-electron chi connectivity index (χ0n) is 21.0. The smallest absolute Gasteiger partial charge is 0.334 e. The highest BCUT2D eigenvalue weighted by Gasteiger charge is 2.48. The van der Waals surface area contributed by atoms with Gasteiger partial charge in [-0.3, -0.25) is 4.90 Å². The van der Waals surface area contributed by atoms with Crippen LogP contribution in [0.1, 0.15) is 23.7 Å². The number of likely N-dealkylation sites (N-methyl/N-ethyl adjacent to an activating group) is 1. The highest BCUT2D eigenvalue weighted by atomic mass is 16.8. The van der Waals surface area contributed by atoms with E-state index in [9.17, 15) is 30.3 Å². The van der Waals surface area contributed by atoms with Gasteiger partial charge in [-0.15, -0.1) is 6.58 Å². The number of ether oxygens (including phenoxy) is 3. The summed E-state index contributed by atoms with van der Waals surface area (Å²) in [5.74, 6) is -2.34. The molecule has 5 rings (SSSR count). The number of nitrogens with one attached hydrogen (secondary N) is 1. The summed E-state index contributed by atoms with van der Waals surface area (Å²) in [6.07, 6.45) is -4.46. The molecule has 0 saturated carbocycles. The maximum atomic E-state index is 12.2. The van der Waals surface area contributed by atoms with E-state index < -0.39 is 61.4 Å². The molecule has 11 nitrogen and oxygen atoms in total. The first-order chi connectivity index (χ1) is 18.2. The van der Waals surface area contributed by atoms with Gasteiger partial charge in [0.2, 0.25) is 6.29 Å². The predicted molar refractivity (Wildman–Crippen MR) is 135 cm³/mol.